The van der Waals surface area contributed by atoms with E-state index in [-0.39, 0.29) is 28.3 Å². The van der Waals surface area contributed by atoms with E-state index in [1.165, 1.54) is 41.9 Å². The van der Waals surface area contributed by atoms with E-state index in [2.05, 4.69) is 13.0 Å². The van der Waals surface area contributed by atoms with Crippen molar-refractivity contribution >= 4 is 23.7 Å². The first kappa shape index (κ1) is 34.6. The van der Waals surface area contributed by atoms with Gasteiger partial charge in [-0.3, -0.25) is 0 Å². The molecular weight excluding hydrogens is 676 g/mol. The van der Waals surface area contributed by atoms with Crippen molar-refractivity contribution in [3.05, 3.63) is 54.6 Å². The molecule has 10 rings (SSSR count). The van der Waals surface area contributed by atoms with Gasteiger partial charge in [0.2, 0.25) is 0 Å². The van der Waals surface area contributed by atoms with Crippen LogP contribution in [0.15, 0.2) is 48.5 Å². The third-order valence-electron chi connectivity index (χ3n) is 12.1. The SMILES string of the molecule is CCCC[PH+](C12CC3CC(CC(C3)C1)C2)C12CC3CC(CC(C3)C1)C2.CS(=O)(=O)[O-].Nc1ccccc1-c1[c-]cccc1.[Pd+2]. The quantitative estimate of drug-likeness (QED) is 0.106. The second-order valence-corrected chi connectivity index (χ2v) is 20.5. The summed E-state index contributed by atoms with van der Waals surface area (Å²) in [5, 5.41) is 1.83. The third-order valence-corrected chi connectivity index (χ3v) is 16.7. The fourth-order valence-corrected chi connectivity index (χ4v) is 17.8. The molecule has 0 unspecified atom stereocenters. The van der Waals surface area contributed by atoms with Crippen molar-refractivity contribution in [1.29, 1.82) is 0 Å². The first-order valence-electron chi connectivity index (χ1n) is 17.1. The fraction of sp³-hybridized carbons (Fsp3) is 0.676. The van der Waals surface area contributed by atoms with Gasteiger partial charge in [0, 0.05) is 14.2 Å². The molecule has 2 aromatic carbocycles. The van der Waals surface area contributed by atoms with Crippen LogP contribution in [0.25, 0.3) is 11.1 Å². The number of benzene rings is 2. The number of rotatable bonds is 6. The van der Waals surface area contributed by atoms with Gasteiger partial charge in [0.1, 0.15) is 0 Å². The van der Waals surface area contributed by atoms with Crippen molar-refractivity contribution in [3.63, 3.8) is 0 Å². The van der Waals surface area contributed by atoms with Crippen molar-refractivity contribution in [3.8, 4) is 11.1 Å². The topological polar surface area (TPSA) is 83.2 Å². The summed E-state index contributed by atoms with van der Waals surface area (Å²) in [5.74, 6) is 7.01. The minimum absolute atomic E-state index is 0. The molecule has 0 spiro atoms. The molecule has 0 saturated heterocycles. The summed E-state index contributed by atoms with van der Waals surface area (Å²) < 4.78 is 27.2. The zero-order valence-electron chi connectivity index (χ0n) is 26.7. The Kier molecular flexibility index (Phi) is 11.1. The monoisotopic (exact) mass is 728 g/mol. The Morgan fingerprint density at radius 1 is 0.795 bits per heavy atom. The maximum Gasteiger partial charge on any atom is 2.00 e. The number of nitrogen functional groups attached to an aromatic ring is 1. The predicted molar refractivity (Wildman–Crippen MR) is 181 cm³/mol. The molecule has 2 N–H and O–H groups in total. The Morgan fingerprint density at radius 3 is 1.57 bits per heavy atom. The molecule has 0 heterocycles. The predicted octanol–water partition coefficient (Wildman–Crippen LogP) is 8.83. The minimum atomic E-state index is -3.92. The van der Waals surface area contributed by atoms with Crippen molar-refractivity contribution in [2.45, 2.75) is 107 Å². The van der Waals surface area contributed by atoms with Crippen LogP contribution in [-0.2, 0) is 30.5 Å². The summed E-state index contributed by atoms with van der Waals surface area (Å²) in [7, 11) is -4.11. The van der Waals surface area contributed by atoms with Crippen LogP contribution in [0, 0.1) is 41.6 Å². The molecule has 0 atom stereocenters. The Hall–Kier alpha value is -0.758. The molecule has 0 aromatic heterocycles. The zero-order valence-corrected chi connectivity index (χ0v) is 30.1. The summed E-state index contributed by atoms with van der Waals surface area (Å²) in [5.41, 5.74) is 8.72. The van der Waals surface area contributed by atoms with Crippen LogP contribution in [0.3, 0.4) is 0 Å². The van der Waals surface area contributed by atoms with Crippen LogP contribution in [0.5, 0.6) is 0 Å². The Balaban J connectivity index is 0.000000171. The summed E-state index contributed by atoms with van der Waals surface area (Å²) in [4.78, 5) is 0. The van der Waals surface area contributed by atoms with Crippen molar-refractivity contribution in [2.75, 3.05) is 18.2 Å². The first-order valence-corrected chi connectivity index (χ1v) is 20.7. The van der Waals surface area contributed by atoms with E-state index >= 15 is 0 Å². The Labute approximate surface area is 282 Å². The zero-order chi connectivity index (χ0) is 30.2. The largest absolute Gasteiger partial charge is 2.00 e. The van der Waals surface area contributed by atoms with E-state index in [1.54, 1.807) is 89.6 Å². The van der Waals surface area contributed by atoms with E-state index in [4.69, 9.17) is 18.7 Å². The van der Waals surface area contributed by atoms with Gasteiger partial charge in [-0.1, -0.05) is 37.1 Å². The molecule has 8 saturated carbocycles. The molecule has 7 heteroatoms. The second kappa shape index (κ2) is 14.2. The molecule has 0 radical (unpaired) electrons. The first-order chi connectivity index (χ1) is 20.5. The summed E-state index contributed by atoms with van der Waals surface area (Å²) in [6, 6.07) is 18.8. The van der Waals surface area contributed by atoms with E-state index < -0.39 is 10.1 Å². The second-order valence-electron chi connectivity index (χ2n) is 15.5. The van der Waals surface area contributed by atoms with Crippen molar-refractivity contribution in [2.24, 2.45) is 35.5 Å². The average Bonchev–Trinajstić information content (AvgIpc) is 2.92. The molecule has 0 amide bonds. The van der Waals surface area contributed by atoms with E-state index in [0.717, 1.165) is 27.1 Å². The third kappa shape index (κ3) is 7.85. The number of anilines is 1. The van der Waals surface area contributed by atoms with Gasteiger partial charge in [-0.15, -0.1) is 35.9 Å². The summed E-state index contributed by atoms with van der Waals surface area (Å²) >= 11 is 0. The maximum absolute atomic E-state index is 9.08. The van der Waals surface area contributed by atoms with Crippen molar-refractivity contribution < 1.29 is 33.4 Å². The summed E-state index contributed by atoms with van der Waals surface area (Å²) in [6.45, 7) is 2.46. The summed E-state index contributed by atoms with van der Waals surface area (Å²) in [6.07, 6.45) is 25.4. The molecule has 8 bridgehead atoms. The standard InChI is InChI=1S/C24H39P.C12H10N.CH4O3S.Pd/c1-2-3-4-25(23-11-17-5-18(12-23)7-19(6-17)13-23)24-14-20-8-21(15-24)10-22(9-20)16-24;13-12-9-5-4-8-11(12)10-6-2-1-3-7-10;1-5(2,3)4;/h17-22H,2-16H2,1H3;1-6,8-9H,13H2;1H3,(H,2,3,4);/q;-1;;+2. The molecule has 244 valence electrons. The number of hydrogen-bond donors (Lipinski definition) is 1. The van der Waals surface area contributed by atoms with E-state index in [9.17, 15) is 0 Å². The van der Waals surface area contributed by atoms with Gasteiger partial charge >= 0.3 is 20.4 Å². The molecule has 8 aliphatic carbocycles. The van der Waals surface area contributed by atoms with Gasteiger partial charge in [-0.05, 0) is 131 Å². The Bertz CT molecular complexity index is 1230. The van der Waals surface area contributed by atoms with Crippen LogP contribution in [0.4, 0.5) is 5.69 Å². The molecule has 4 nitrogen and oxygen atoms in total. The number of para-hydroxylation sites is 1. The average molecular weight is 729 g/mol. The van der Waals surface area contributed by atoms with Gasteiger partial charge in [-0.2, -0.15) is 0 Å². The molecule has 0 aliphatic heterocycles. The van der Waals surface area contributed by atoms with Crippen molar-refractivity contribution in [1.82, 2.24) is 0 Å². The maximum atomic E-state index is 9.08. The minimum Gasteiger partial charge on any atom is -0.748 e. The van der Waals surface area contributed by atoms with Crippen LogP contribution in [0.1, 0.15) is 96.8 Å². The number of hydrogen-bond acceptors (Lipinski definition) is 4. The van der Waals surface area contributed by atoms with Crippen LogP contribution in [-0.4, -0.2) is 35.7 Å². The van der Waals surface area contributed by atoms with Gasteiger partial charge in [-0.25, -0.2) is 8.42 Å². The van der Waals surface area contributed by atoms with Crippen LogP contribution >= 0.6 is 7.92 Å². The molecular formula is C37H53NO3PPdS+. The van der Waals surface area contributed by atoms with Crippen LogP contribution < -0.4 is 5.73 Å². The Morgan fingerprint density at radius 2 is 1.20 bits per heavy atom. The van der Waals surface area contributed by atoms with Gasteiger partial charge in [0.25, 0.3) is 0 Å². The normalized spacial score (nSPS) is 36.3. The number of nitrogens with two attached hydrogens (primary N) is 1. The smallest absolute Gasteiger partial charge is 0.748 e. The fourth-order valence-electron chi connectivity index (χ4n) is 11.7. The molecule has 2 aromatic rings. The van der Waals surface area contributed by atoms with Crippen LogP contribution in [0.2, 0.25) is 0 Å². The molecule has 8 aliphatic rings. The van der Waals surface area contributed by atoms with E-state index in [1.807, 2.05) is 48.5 Å². The van der Waals surface area contributed by atoms with Gasteiger partial charge < -0.3 is 10.3 Å². The number of unbranched alkanes of at least 4 members (excludes halogenated alkanes) is 1. The van der Waals surface area contributed by atoms with Gasteiger partial charge in [0.15, 0.2) is 0 Å². The molecule has 8 fully saturated rings. The van der Waals surface area contributed by atoms with Gasteiger partial charge in [0.05, 0.1) is 26.6 Å². The molecule has 44 heavy (non-hydrogen) atoms. The van der Waals surface area contributed by atoms with E-state index in [0.29, 0.717) is 6.26 Å².